The van der Waals surface area contributed by atoms with Crippen LogP contribution in [-0.4, -0.2) is 23.7 Å². The van der Waals surface area contributed by atoms with Crippen LogP contribution in [0.25, 0.3) is 0 Å². The van der Waals surface area contributed by atoms with E-state index >= 15 is 0 Å². The summed E-state index contributed by atoms with van der Waals surface area (Å²) in [5, 5.41) is 5.95. The monoisotopic (exact) mass is 200 g/mol. The van der Waals surface area contributed by atoms with Gasteiger partial charge in [-0.05, 0) is 23.8 Å². The van der Waals surface area contributed by atoms with Crippen LogP contribution in [0.1, 0.15) is 0 Å². The van der Waals surface area contributed by atoms with Gasteiger partial charge in [0.2, 0.25) is 0 Å². The smallest absolute Gasteiger partial charge is 0.180 e. The molecule has 0 aromatic carbocycles. The fourth-order valence-corrected chi connectivity index (χ4v) is 1.62. The molecule has 1 aliphatic carbocycles. The standard InChI is InChI=1S/C11H8N2O2/c14-11-2-1-8-3-10-6-15-7-13(10)12-5-9(8)4-11/h1-6H,7H2. The summed E-state index contributed by atoms with van der Waals surface area (Å²) < 4.78 is 5.14. The molecule has 74 valence electrons. The summed E-state index contributed by atoms with van der Waals surface area (Å²) in [6.07, 6.45) is 10.2. The molecule has 0 saturated carbocycles. The van der Waals surface area contributed by atoms with Crippen molar-refractivity contribution in [3.63, 3.8) is 0 Å². The molecule has 0 radical (unpaired) electrons. The number of hydrogen-bond acceptors (Lipinski definition) is 4. The maximum atomic E-state index is 11.2. The predicted molar refractivity (Wildman–Crippen MR) is 54.7 cm³/mol. The first-order valence-electron chi connectivity index (χ1n) is 4.62. The SMILES string of the molecule is O=C1C=CC2=CC3=COCN3N=CC2=C1. The third-order valence-corrected chi connectivity index (χ3v) is 2.40. The van der Waals surface area contributed by atoms with E-state index in [0.29, 0.717) is 6.73 Å². The van der Waals surface area contributed by atoms with Gasteiger partial charge in [-0.2, -0.15) is 5.10 Å². The molecule has 2 aliphatic heterocycles. The van der Waals surface area contributed by atoms with Gasteiger partial charge in [0.1, 0.15) is 6.26 Å². The highest BCUT2D eigenvalue weighted by Gasteiger charge is 2.19. The van der Waals surface area contributed by atoms with E-state index < -0.39 is 0 Å². The van der Waals surface area contributed by atoms with E-state index in [1.54, 1.807) is 35.7 Å². The van der Waals surface area contributed by atoms with Gasteiger partial charge in [-0.25, -0.2) is 5.01 Å². The zero-order valence-electron chi connectivity index (χ0n) is 7.88. The first-order valence-corrected chi connectivity index (χ1v) is 4.62. The predicted octanol–water partition coefficient (Wildman–Crippen LogP) is 1.11. The molecular weight excluding hydrogens is 192 g/mol. The zero-order chi connectivity index (χ0) is 10.3. The normalized spacial score (nSPS) is 22.3. The summed E-state index contributed by atoms with van der Waals surface area (Å²) in [6.45, 7) is 0.431. The molecule has 3 aliphatic rings. The van der Waals surface area contributed by atoms with Crippen LogP contribution in [0.3, 0.4) is 0 Å². The molecule has 0 amide bonds. The second kappa shape index (κ2) is 2.95. The Hall–Kier alpha value is -2.10. The van der Waals surface area contributed by atoms with Gasteiger partial charge in [0, 0.05) is 5.57 Å². The van der Waals surface area contributed by atoms with Gasteiger partial charge >= 0.3 is 0 Å². The van der Waals surface area contributed by atoms with Crippen molar-refractivity contribution >= 4 is 12.0 Å². The van der Waals surface area contributed by atoms with Crippen LogP contribution < -0.4 is 0 Å². The highest BCUT2D eigenvalue weighted by molar-refractivity contribution is 6.07. The molecule has 0 atom stereocenters. The molecule has 0 N–H and O–H groups in total. The van der Waals surface area contributed by atoms with Crippen LogP contribution in [0.15, 0.2) is 52.5 Å². The molecule has 0 fully saturated rings. The molecule has 0 aromatic rings. The van der Waals surface area contributed by atoms with Crippen LogP contribution in [0, 0.1) is 0 Å². The number of allylic oxidation sites excluding steroid dienone is 6. The number of carbonyl (C=O) groups is 1. The molecule has 2 heterocycles. The molecule has 0 bridgehead atoms. The van der Waals surface area contributed by atoms with Gasteiger partial charge in [0.25, 0.3) is 0 Å². The molecular formula is C11H8N2O2. The number of hydrazone groups is 1. The van der Waals surface area contributed by atoms with Crippen molar-refractivity contribution in [2.24, 2.45) is 5.10 Å². The Morgan fingerprint density at radius 1 is 1.27 bits per heavy atom. The molecule has 0 aromatic heterocycles. The lowest BCUT2D eigenvalue weighted by Crippen LogP contribution is -2.10. The quantitative estimate of drug-likeness (QED) is 0.588. The van der Waals surface area contributed by atoms with Gasteiger partial charge in [0.15, 0.2) is 12.5 Å². The Kier molecular flexibility index (Phi) is 1.62. The molecule has 0 saturated heterocycles. The fourth-order valence-electron chi connectivity index (χ4n) is 1.62. The summed E-state index contributed by atoms with van der Waals surface area (Å²) >= 11 is 0. The number of nitrogens with zero attached hydrogens (tertiary/aromatic N) is 2. The van der Waals surface area contributed by atoms with E-state index in [1.807, 2.05) is 6.08 Å². The van der Waals surface area contributed by atoms with E-state index in [4.69, 9.17) is 4.74 Å². The van der Waals surface area contributed by atoms with Crippen LogP contribution in [0.2, 0.25) is 0 Å². The Bertz CT molecular complexity index is 481. The number of fused-ring (bicyclic) bond motifs is 2. The lowest BCUT2D eigenvalue weighted by atomic mass is 9.99. The second-order valence-electron chi connectivity index (χ2n) is 3.42. The summed E-state index contributed by atoms with van der Waals surface area (Å²) in [5.74, 6) is 0.000823. The van der Waals surface area contributed by atoms with Gasteiger partial charge < -0.3 is 4.74 Å². The zero-order valence-corrected chi connectivity index (χ0v) is 7.88. The van der Waals surface area contributed by atoms with Crippen molar-refractivity contribution < 1.29 is 9.53 Å². The Morgan fingerprint density at radius 3 is 3.13 bits per heavy atom. The lowest BCUT2D eigenvalue weighted by molar-refractivity contribution is -0.110. The molecule has 0 spiro atoms. The molecule has 15 heavy (non-hydrogen) atoms. The van der Waals surface area contributed by atoms with Gasteiger partial charge in [-0.1, -0.05) is 6.08 Å². The first kappa shape index (κ1) is 8.23. The van der Waals surface area contributed by atoms with E-state index in [9.17, 15) is 4.79 Å². The van der Waals surface area contributed by atoms with E-state index in [0.717, 1.165) is 16.8 Å². The maximum absolute atomic E-state index is 11.2. The van der Waals surface area contributed by atoms with Gasteiger partial charge in [-0.15, -0.1) is 0 Å². The van der Waals surface area contributed by atoms with E-state index in [2.05, 4.69) is 5.10 Å². The number of carbonyl (C=O) groups excluding carboxylic acids is 1. The Morgan fingerprint density at radius 2 is 2.20 bits per heavy atom. The van der Waals surface area contributed by atoms with Crippen LogP contribution in [-0.2, 0) is 9.53 Å². The maximum Gasteiger partial charge on any atom is 0.180 e. The van der Waals surface area contributed by atoms with Crippen molar-refractivity contribution in [2.75, 3.05) is 6.73 Å². The Labute approximate surface area is 86.5 Å². The Balaban J connectivity index is 2.11. The minimum absolute atomic E-state index is 0.000823. The second-order valence-corrected chi connectivity index (χ2v) is 3.42. The third kappa shape index (κ3) is 1.30. The molecule has 3 rings (SSSR count). The average Bonchev–Trinajstić information content (AvgIpc) is 2.59. The summed E-state index contributed by atoms with van der Waals surface area (Å²) in [5.41, 5.74) is 2.74. The first-order chi connectivity index (χ1) is 7.33. The van der Waals surface area contributed by atoms with Gasteiger partial charge in [0.05, 0.1) is 11.9 Å². The summed E-state index contributed by atoms with van der Waals surface area (Å²) in [6, 6.07) is 0. The van der Waals surface area contributed by atoms with Crippen molar-refractivity contribution in [1.29, 1.82) is 0 Å². The lowest BCUT2D eigenvalue weighted by Gasteiger charge is -2.07. The van der Waals surface area contributed by atoms with Crippen molar-refractivity contribution in [2.45, 2.75) is 0 Å². The average molecular weight is 200 g/mol. The number of rotatable bonds is 0. The fraction of sp³-hybridized carbons (Fsp3) is 0.0909. The number of hydrogen-bond donors (Lipinski definition) is 0. The molecule has 0 unspecified atom stereocenters. The largest absolute Gasteiger partial charge is 0.477 e. The molecule has 4 heteroatoms. The highest BCUT2D eigenvalue weighted by atomic mass is 16.5. The van der Waals surface area contributed by atoms with Crippen LogP contribution in [0.5, 0.6) is 0 Å². The summed E-state index contributed by atoms with van der Waals surface area (Å²) in [7, 11) is 0. The van der Waals surface area contributed by atoms with Gasteiger partial charge in [-0.3, -0.25) is 4.79 Å². The summed E-state index contributed by atoms with van der Waals surface area (Å²) in [4.78, 5) is 11.2. The minimum Gasteiger partial charge on any atom is -0.477 e. The minimum atomic E-state index is 0.000823. The van der Waals surface area contributed by atoms with Crippen molar-refractivity contribution in [3.05, 3.63) is 47.4 Å². The van der Waals surface area contributed by atoms with Crippen LogP contribution in [0.4, 0.5) is 0 Å². The molecule has 4 nitrogen and oxygen atoms in total. The van der Waals surface area contributed by atoms with Crippen molar-refractivity contribution in [1.82, 2.24) is 5.01 Å². The topological polar surface area (TPSA) is 41.9 Å². The number of ketones is 1. The van der Waals surface area contributed by atoms with E-state index in [1.165, 1.54) is 0 Å². The third-order valence-electron chi connectivity index (χ3n) is 2.40. The van der Waals surface area contributed by atoms with Crippen LogP contribution >= 0.6 is 0 Å². The highest BCUT2D eigenvalue weighted by Crippen LogP contribution is 2.24. The number of ether oxygens (including phenoxy) is 1. The van der Waals surface area contributed by atoms with E-state index in [-0.39, 0.29) is 5.78 Å². The van der Waals surface area contributed by atoms with Crippen molar-refractivity contribution in [3.8, 4) is 0 Å².